The van der Waals surface area contributed by atoms with E-state index in [1.807, 2.05) is 0 Å². The summed E-state index contributed by atoms with van der Waals surface area (Å²) in [6, 6.07) is 7.00. The number of thioether (sulfide) groups is 1. The summed E-state index contributed by atoms with van der Waals surface area (Å²) in [7, 11) is 0. The summed E-state index contributed by atoms with van der Waals surface area (Å²) in [6.45, 7) is -0.346. The lowest BCUT2D eigenvalue weighted by Crippen LogP contribution is -2.36. The van der Waals surface area contributed by atoms with Crippen LogP contribution in [0.5, 0.6) is 0 Å². The molecule has 8 nitrogen and oxygen atoms in total. The highest BCUT2D eigenvalue weighted by atomic mass is 35.5. The van der Waals surface area contributed by atoms with Crippen molar-refractivity contribution < 1.29 is 14.4 Å². The van der Waals surface area contributed by atoms with Crippen LogP contribution in [0.2, 0.25) is 0 Å². The molecule has 30 heavy (non-hydrogen) atoms. The van der Waals surface area contributed by atoms with Crippen molar-refractivity contribution in [2.24, 2.45) is 0 Å². The highest BCUT2D eigenvalue weighted by molar-refractivity contribution is 8.18. The van der Waals surface area contributed by atoms with Crippen molar-refractivity contribution in [3.63, 3.8) is 0 Å². The minimum absolute atomic E-state index is 0.346. The number of halogens is 2. The zero-order chi connectivity index (χ0) is 21.3. The molecular formula is C19H17Cl2N5O3S. The first-order valence-corrected chi connectivity index (χ1v) is 10.8. The zero-order valence-corrected chi connectivity index (χ0v) is 18.0. The number of hydrogen-bond donors (Lipinski definition) is 2. The second kappa shape index (κ2) is 8.41. The van der Waals surface area contributed by atoms with E-state index in [2.05, 4.69) is 20.7 Å². The molecule has 4 rings (SSSR count). The molecule has 2 fully saturated rings. The summed E-state index contributed by atoms with van der Waals surface area (Å²) in [5, 5.41) is 12.5. The fraction of sp³-hybridized carbons (Fsp3) is 0.316. The summed E-state index contributed by atoms with van der Waals surface area (Å²) in [4.78, 5) is 38.8. The van der Waals surface area contributed by atoms with Gasteiger partial charge in [-0.25, -0.2) is 0 Å². The van der Waals surface area contributed by atoms with Crippen LogP contribution in [0.25, 0.3) is 11.3 Å². The molecule has 1 aromatic heterocycles. The van der Waals surface area contributed by atoms with E-state index < -0.39 is 21.4 Å². The van der Waals surface area contributed by atoms with Gasteiger partial charge in [-0.2, -0.15) is 15.4 Å². The molecule has 0 spiro atoms. The van der Waals surface area contributed by atoms with Gasteiger partial charge in [0.1, 0.15) is 16.6 Å². The largest absolute Gasteiger partial charge is 0.325 e. The van der Waals surface area contributed by atoms with Crippen molar-refractivity contribution in [2.45, 2.75) is 30.0 Å². The van der Waals surface area contributed by atoms with E-state index in [1.54, 1.807) is 30.5 Å². The van der Waals surface area contributed by atoms with Crippen LogP contribution in [-0.4, -0.2) is 48.2 Å². The first-order valence-electron chi connectivity index (χ1n) is 9.22. The van der Waals surface area contributed by atoms with Gasteiger partial charge in [-0.05, 0) is 49.6 Å². The number of H-pyrrole nitrogens is 1. The predicted octanol–water partition coefficient (Wildman–Crippen LogP) is 4.11. The van der Waals surface area contributed by atoms with E-state index in [-0.39, 0.29) is 6.54 Å². The Balaban J connectivity index is 1.38. The normalized spacial score (nSPS) is 18.8. The smallest absolute Gasteiger partial charge is 0.294 e. The molecule has 1 saturated heterocycles. The maximum atomic E-state index is 12.7. The lowest BCUT2D eigenvalue weighted by atomic mass is 9.93. The van der Waals surface area contributed by atoms with Crippen molar-refractivity contribution in [3.05, 3.63) is 40.9 Å². The van der Waals surface area contributed by atoms with Crippen molar-refractivity contribution in [3.8, 4) is 11.3 Å². The minimum atomic E-state index is -0.789. The number of amides is 3. The molecule has 1 saturated carbocycles. The number of allylic oxidation sites excluding steroid dienone is 1. The van der Waals surface area contributed by atoms with Gasteiger partial charge in [0.15, 0.2) is 0 Å². The fourth-order valence-electron chi connectivity index (χ4n) is 3.31. The number of benzene rings is 1. The van der Waals surface area contributed by atoms with E-state index in [4.69, 9.17) is 23.2 Å². The number of alkyl halides is 2. The molecule has 11 heteroatoms. The molecule has 2 heterocycles. The van der Waals surface area contributed by atoms with Gasteiger partial charge in [-0.3, -0.25) is 19.3 Å². The maximum absolute atomic E-state index is 12.7. The highest BCUT2D eigenvalue weighted by Gasteiger charge is 2.40. The lowest BCUT2D eigenvalue weighted by Gasteiger charge is -2.26. The Bertz CT molecular complexity index is 1010. The maximum Gasteiger partial charge on any atom is 0.294 e. The molecule has 156 valence electrons. The van der Waals surface area contributed by atoms with Crippen LogP contribution in [0.3, 0.4) is 0 Å². The SMILES string of the molecule is O=C(CN1C(=O)SC(=C2CCC(Cl)(Cl)CC2)C1=O)Nc1ccc(-c2cn[nH]n2)cc1. The summed E-state index contributed by atoms with van der Waals surface area (Å²) in [5.74, 6) is -0.893. The van der Waals surface area contributed by atoms with Crippen LogP contribution < -0.4 is 5.32 Å². The summed E-state index contributed by atoms with van der Waals surface area (Å²) >= 11 is 13.1. The van der Waals surface area contributed by atoms with E-state index in [9.17, 15) is 14.4 Å². The average Bonchev–Trinajstić information content (AvgIpc) is 3.33. The molecule has 2 aliphatic rings. The van der Waals surface area contributed by atoms with Gasteiger partial charge in [0, 0.05) is 11.3 Å². The summed E-state index contributed by atoms with van der Waals surface area (Å²) in [5.41, 5.74) is 2.94. The lowest BCUT2D eigenvalue weighted by molar-refractivity contribution is -0.127. The molecule has 2 N–H and O–H groups in total. The third kappa shape index (κ3) is 4.53. The second-order valence-electron chi connectivity index (χ2n) is 7.03. The van der Waals surface area contributed by atoms with Crippen molar-refractivity contribution in [2.75, 3.05) is 11.9 Å². The van der Waals surface area contributed by atoms with Crippen molar-refractivity contribution in [1.82, 2.24) is 20.3 Å². The predicted molar refractivity (Wildman–Crippen MR) is 115 cm³/mol. The Morgan fingerprint density at radius 3 is 2.53 bits per heavy atom. The number of imide groups is 1. The Morgan fingerprint density at radius 1 is 1.20 bits per heavy atom. The molecule has 1 aliphatic heterocycles. The van der Waals surface area contributed by atoms with Gasteiger partial charge >= 0.3 is 0 Å². The van der Waals surface area contributed by atoms with Crippen LogP contribution in [0.4, 0.5) is 10.5 Å². The third-order valence-electron chi connectivity index (χ3n) is 4.94. The van der Waals surface area contributed by atoms with Gasteiger partial charge in [-0.1, -0.05) is 17.7 Å². The number of carbonyl (C=O) groups excluding carboxylic acids is 3. The molecule has 0 unspecified atom stereocenters. The molecule has 0 bridgehead atoms. The Hall–Kier alpha value is -2.36. The van der Waals surface area contributed by atoms with Crippen molar-refractivity contribution >= 4 is 57.7 Å². The molecule has 1 aromatic carbocycles. The number of rotatable bonds is 4. The molecule has 2 aromatic rings. The van der Waals surface area contributed by atoms with E-state index in [1.165, 1.54) is 0 Å². The van der Waals surface area contributed by atoms with E-state index in [0.29, 0.717) is 42.0 Å². The quantitative estimate of drug-likeness (QED) is 0.519. The number of aromatic nitrogens is 3. The van der Waals surface area contributed by atoms with Crippen LogP contribution >= 0.6 is 35.0 Å². The molecular weight excluding hydrogens is 449 g/mol. The monoisotopic (exact) mass is 465 g/mol. The first kappa shape index (κ1) is 20.9. The Labute approximate surface area is 186 Å². The highest BCUT2D eigenvalue weighted by Crippen LogP contribution is 2.44. The van der Waals surface area contributed by atoms with Gasteiger partial charge in [0.25, 0.3) is 11.1 Å². The number of nitrogens with one attached hydrogen (secondary N) is 2. The Kier molecular flexibility index (Phi) is 5.86. The topological polar surface area (TPSA) is 108 Å². The fourth-order valence-corrected chi connectivity index (χ4v) is 4.66. The van der Waals surface area contributed by atoms with Crippen LogP contribution in [0, 0.1) is 0 Å². The third-order valence-corrected chi connectivity index (χ3v) is 6.75. The number of carbonyl (C=O) groups is 3. The average molecular weight is 466 g/mol. The molecule has 0 atom stereocenters. The number of anilines is 1. The number of hydrogen-bond acceptors (Lipinski definition) is 6. The molecule has 1 aliphatic carbocycles. The van der Waals surface area contributed by atoms with E-state index in [0.717, 1.165) is 27.8 Å². The zero-order valence-electron chi connectivity index (χ0n) is 15.7. The first-order chi connectivity index (χ1) is 14.3. The minimum Gasteiger partial charge on any atom is -0.325 e. The summed E-state index contributed by atoms with van der Waals surface area (Å²) in [6.07, 6.45) is 3.77. The van der Waals surface area contributed by atoms with Gasteiger partial charge in [-0.15, -0.1) is 23.2 Å². The van der Waals surface area contributed by atoms with Crippen LogP contribution in [0.1, 0.15) is 25.7 Å². The summed E-state index contributed by atoms with van der Waals surface area (Å²) < 4.78 is -0.789. The standard InChI is InChI=1S/C19H17Cl2N5O3S/c20-19(21)7-5-12(6-8-19)16-17(28)26(18(29)30-16)10-15(27)23-13-3-1-11(2-4-13)14-9-22-25-24-14/h1-4,9H,5-8,10H2,(H,23,27)(H,22,24,25). The van der Waals surface area contributed by atoms with Crippen LogP contribution in [-0.2, 0) is 9.59 Å². The molecule has 0 radical (unpaired) electrons. The van der Waals surface area contributed by atoms with Crippen molar-refractivity contribution in [1.29, 1.82) is 0 Å². The van der Waals surface area contributed by atoms with Crippen LogP contribution in [0.15, 0.2) is 40.9 Å². The van der Waals surface area contributed by atoms with Gasteiger partial charge in [0.05, 0.1) is 11.1 Å². The molecule has 3 amide bonds. The van der Waals surface area contributed by atoms with Gasteiger partial charge in [0.2, 0.25) is 5.91 Å². The Morgan fingerprint density at radius 2 is 1.90 bits per heavy atom. The number of aromatic amines is 1. The second-order valence-corrected chi connectivity index (χ2v) is 9.63. The number of nitrogens with zero attached hydrogens (tertiary/aromatic N) is 3. The van der Waals surface area contributed by atoms with Gasteiger partial charge < -0.3 is 5.32 Å². The van der Waals surface area contributed by atoms with E-state index >= 15 is 0 Å².